The summed E-state index contributed by atoms with van der Waals surface area (Å²) in [5.74, 6) is 1.41. The Labute approximate surface area is 161 Å². The molecule has 2 aromatic heterocycles. The molecule has 0 atom stereocenters. The fourth-order valence-electron chi connectivity index (χ4n) is 2.15. The summed E-state index contributed by atoms with van der Waals surface area (Å²) in [6, 6.07) is 4.98. The number of halogens is 3. The lowest BCUT2D eigenvalue weighted by Gasteiger charge is -2.11. The molecule has 0 unspecified atom stereocenters. The van der Waals surface area contributed by atoms with E-state index in [0.29, 0.717) is 30.4 Å². The molecule has 0 fully saturated rings. The lowest BCUT2D eigenvalue weighted by molar-refractivity contribution is -0.154. The van der Waals surface area contributed by atoms with Gasteiger partial charge in [0.25, 0.3) is 0 Å². The second kappa shape index (κ2) is 9.95. The molecular weight excluding hydrogens is 375 g/mol. The highest BCUT2D eigenvalue weighted by atomic mass is 19.4. The number of aliphatic imine (C=N–C) groups is 1. The molecule has 7 nitrogen and oxygen atoms in total. The van der Waals surface area contributed by atoms with Crippen molar-refractivity contribution in [2.45, 2.75) is 46.0 Å². The third kappa shape index (κ3) is 7.45. The number of hydrogen-bond donors (Lipinski definition) is 2. The van der Waals surface area contributed by atoms with Gasteiger partial charge in [-0.25, -0.2) is 9.98 Å². The third-order valence-corrected chi connectivity index (χ3v) is 3.55. The van der Waals surface area contributed by atoms with E-state index in [9.17, 15) is 13.2 Å². The lowest BCUT2D eigenvalue weighted by Crippen LogP contribution is -2.36. The van der Waals surface area contributed by atoms with E-state index in [4.69, 9.17) is 4.52 Å². The van der Waals surface area contributed by atoms with Gasteiger partial charge in [-0.15, -0.1) is 0 Å². The first kappa shape index (κ1) is 21.5. The van der Waals surface area contributed by atoms with Crippen molar-refractivity contribution in [1.29, 1.82) is 0 Å². The highest BCUT2D eigenvalue weighted by Gasteiger charge is 2.28. The Morgan fingerprint density at radius 2 is 2.07 bits per heavy atom. The van der Waals surface area contributed by atoms with Crippen LogP contribution in [0.1, 0.15) is 43.7 Å². The number of nitrogens with one attached hydrogen (secondary N) is 2. The van der Waals surface area contributed by atoms with Crippen LogP contribution in [0.4, 0.5) is 13.2 Å². The van der Waals surface area contributed by atoms with E-state index >= 15 is 0 Å². The molecule has 2 heterocycles. The molecular formula is C18H24F3N5O2. The summed E-state index contributed by atoms with van der Waals surface area (Å²) >= 11 is 0. The van der Waals surface area contributed by atoms with Gasteiger partial charge < -0.3 is 19.9 Å². The van der Waals surface area contributed by atoms with E-state index in [0.717, 1.165) is 5.69 Å². The van der Waals surface area contributed by atoms with Gasteiger partial charge in [0.1, 0.15) is 0 Å². The summed E-state index contributed by atoms with van der Waals surface area (Å²) in [6.45, 7) is 5.90. The average Bonchev–Trinajstić information content (AvgIpc) is 3.11. The summed E-state index contributed by atoms with van der Waals surface area (Å²) in [7, 11) is 0. The summed E-state index contributed by atoms with van der Waals surface area (Å²) < 4.78 is 46.7. The summed E-state index contributed by atoms with van der Waals surface area (Å²) in [5, 5.41) is 10.2. The number of aromatic nitrogens is 2. The third-order valence-electron chi connectivity index (χ3n) is 3.55. The van der Waals surface area contributed by atoms with Crippen molar-refractivity contribution in [2.75, 3.05) is 13.2 Å². The zero-order valence-electron chi connectivity index (χ0n) is 16.0. The smallest absolute Gasteiger partial charge is 0.422 e. The number of hydrogen-bond acceptors (Lipinski definition) is 5. The van der Waals surface area contributed by atoms with Crippen LogP contribution in [0.3, 0.4) is 0 Å². The van der Waals surface area contributed by atoms with Crippen molar-refractivity contribution < 1.29 is 22.4 Å². The number of rotatable bonds is 8. The Bertz CT molecular complexity index is 775. The molecule has 10 heteroatoms. The Kier molecular flexibility index (Phi) is 7.65. The molecule has 0 spiro atoms. The van der Waals surface area contributed by atoms with Crippen LogP contribution < -0.4 is 15.4 Å². The van der Waals surface area contributed by atoms with Crippen LogP contribution in [-0.2, 0) is 13.1 Å². The van der Waals surface area contributed by atoms with Crippen molar-refractivity contribution in [1.82, 2.24) is 20.8 Å². The Morgan fingerprint density at radius 1 is 1.29 bits per heavy atom. The predicted octanol–water partition coefficient (Wildman–Crippen LogP) is 3.39. The number of ether oxygens (including phenoxy) is 1. The molecule has 0 amide bonds. The maximum atomic E-state index is 12.2. The second-order valence-electron chi connectivity index (χ2n) is 6.33. The maximum absolute atomic E-state index is 12.2. The maximum Gasteiger partial charge on any atom is 0.422 e. The SMILES string of the molecule is CCNC(=NCc1ccnc(OCC(F)(F)F)c1)NCc1cc(C(C)C)no1. The van der Waals surface area contributed by atoms with Crippen LogP contribution >= 0.6 is 0 Å². The highest BCUT2D eigenvalue weighted by Crippen LogP contribution is 2.18. The predicted molar refractivity (Wildman–Crippen MR) is 98.0 cm³/mol. The van der Waals surface area contributed by atoms with Crippen molar-refractivity contribution in [2.24, 2.45) is 4.99 Å². The Morgan fingerprint density at radius 3 is 2.71 bits per heavy atom. The van der Waals surface area contributed by atoms with Gasteiger partial charge in [0.2, 0.25) is 5.88 Å². The monoisotopic (exact) mass is 399 g/mol. The molecule has 28 heavy (non-hydrogen) atoms. The molecule has 2 rings (SSSR count). The van der Waals surface area contributed by atoms with Crippen molar-refractivity contribution in [3.05, 3.63) is 41.4 Å². The van der Waals surface area contributed by atoms with E-state index in [1.54, 1.807) is 6.07 Å². The van der Waals surface area contributed by atoms with Gasteiger partial charge in [-0.3, -0.25) is 0 Å². The quantitative estimate of drug-likeness (QED) is 0.523. The molecule has 0 bridgehead atoms. The first-order valence-corrected chi connectivity index (χ1v) is 8.89. The largest absolute Gasteiger partial charge is 0.468 e. The summed E-state index contributed by atoms with van der Waals surface area (Å²) in [6.07, 6.45) is -3.02. The Hall–Kier alpha value is -2.78. The number of alkyl halides is 3. The molecule has 2 aromatic rings. The molecule has 154 valence electrons. The number of nitrogens with zero attached hydrogens (tertiary/aromatic N) is 3. The van der Waals surface area contributed by atoms with E-state index in [2.05, 4.69) is 30.5 Å². The average molecular weight is 399 g/mol. The first-order chi connectivity index (χ1) is 13.3. The van der Waals surface area contributed by atoms with Crippen LogP contribution in [0.5, 0.6) is 5.88 Å². The highest BCUT2D eigenvalue weighted by molar-refractivity contribution is 5.79. The van der Waals surface area contributed by atoms with Crippen LogP contribution in [0.25, 0.3) is 0 Å². The van der Waals surface area contributed by atoms with Gasteiger partial charge in [-0.05, 0) is 24.5 Å². The Balaban J connectivity index is 1.95. The van der Waals surface area contributed by atoms with Crippen molar-refractivity contribution in [3.63, 3.8) is 0 Å². The summed E-state index contributed by atoms with van der Waals surface area (Å²) in [4.78, 5) is 8.19. The molecule has 0 aromatic carbocycles. The zero-order valence-corrected chi connectivity index (χ0v) is 16.0. The van der Waals surface area contributed by atoms with Crippen molar-refractivity contribution >= 4 is 5.96 Å². The minimum atomic E-state index is -4.41. The molecule has 0 aliphatic heterocycles. The van der Waals surface area contributed by atoms with E-state index in [1.807, 2.05) is 26.8 Å². The normalized spacial score (nSPS) is 12.3. The number of pyridine rings is 1. The first-order valence-electron chi connectivity index (χ1n) is 8.89. The van der Waals surface area contributed by atoms with Gasteiger partial charge in [0, 0.05) is 24.9 Å². The van der Waals surface area contributed by atoms with Crippen LogP contribution in [-0.4, -0.2) is 35.4 Å². The molecule has 2 N–H and O–H groups in total. The summed E-state index contributed by atoms with van der Waals surface area (Å²) in [5.41, 5.74) is 1.55. The molecule has 0 saturated heterocycles. The molecule has 0 radical (unpaired) electrons. The van der Waals surface area contributed by atoms with Gasteiger partial charge in [0.15, 0.2) is 18.3 Å². The zero-order chi connectivity index (χ0) is 20.6. The van der Waals surface area contributed by atoms with Crippen LogP contribution in [0.2, 0.25) is 0 Å². The number of guanidine groups is 1. The molecule has 0 aliphatic carbocycles. The van der Waals surface area contributed by atoms with E-state index in [-0.39, 0.29) is 18.3 Å². The van der Waals surface area contributed by atoms with Crippen LogP contribution in [0, 0.1) is 0 Å². The minimum Gasteiger partial charge on any atom is -0.468 e. The fraction of sp³-hybridized carbons (Fsp3) is 0.500. The van der Waals surface area contributed by atoms with Gasteiger partial charge in [-0.1, -0.05) is 19.0 Å². The van der Waals surface area contributed by atoms with Gasteiger partial charge in [-0.2, -0.15) is 13.2 Å². The van der Waals surface area contributed by atoms with Gasteiger partial charge in [0.05, 0.1) is 18.8 Å². The topological polar surface area (TPSA) is 84.6 Å². The second-order valence-corrected chi connectivity index (χ2v) is 6.33. The standard InChI is InChI=1S/C18H24F3N5O2/c1-4-22-17(25-10-14-8-15(12(2)3)26-28-14)24-9-13-5-6-23-16(7-13)27-11-18(19,20)21/h5-8,12H,4,9-11H2,1-3H3,(H2,22,24,25). The minimum absolute atomic E-state index is 0.0918. The van der Waals surface area contributed by atoms with E-state index in [1.165, 1.54) is 12.3 Å². The fourth-order valence-corrected chi connectivity index (χ4v) is 2.15. The van der Waals surface area contributed by atoms with E-state index < -0.39 is 12.8 Å². The van der Waals surface area contributed by atoms with Crippen LogP contribution in [0.15, 0.2) is 33.9 Å². The molecule has 0 aliphatic rings. The molecule has 0 saturated carbocycles. The van der Waals surface area contributed by atoms with Crippen molar-refractivity contribution in [3.8, 4) is 5.88 Å². The van der Waals surface area contributed by atoms with Gasteiger partial charge >= 0.3 is 6.18 Å². The lowest BCUT2D eigenvalue weighted by atomic mass is 10.1.